The fraction of sp³-hybridized carbons (Fsp3) is 0.833. The van der Waals surface area contributed by atoms with E-state index in [1.807, 2.05) is 0 Å². The van der Waals surface area contributed by atoms with Crippen molar-refractivity contribution in [2.24, 2.45) is 5.92 Å². The van der Waals surface area contributed by atoms with Crippen LogP contribution in [0.3, 0.4) is 0 Å². The topological polar surface area (TPSA) is 104 Å². The van der Waals surface area contributed by atoms with Crippen LogP contribution in [0, 0.1) is 5.92 Å². The van der Waals surface area contributed by atoms with Crippen molar-refractivity contribution in [2.45, 2.75) is 30.7 Å². The van der Waals surface area contributed by atoms with Gasteiger partial charge in [-0.05, 0) is 19.3 Å². The largest absolute Gasteiger partial charge is 0.481 e. The SMILES string of the molecule is CS(=O)(=O)C1CSCCN1C(=O)N[C@H]1CC[C@@H](C(=O)O)C1. The third-order valence-corrected chi connectivity index (χ3v) is 6.59. The lowest BCUT2D eigenvalue weighted by atomic mass is 10.1. The predicted octanol–water partition coefficient (Wildman–Crippen LogP) is 0.369. The summed E-state index contributed by atoms with van der Waals surface area (Å²) in [4.78, 5) is 24.6. The number of carbonyl (C=O) groups is 2. The lowest BCUT2D eigenvalue weighted by Gasteiger charge is -2.34. The van der Waals surface area contributed by atoms with E-state index in [1.54, 1.807) is 0 Å². The fourth-order valence-corrected chi connectivity index (χ4v) is 5.58. The van der Waals surface area contributed by atoms with Crippen LogP contribution < -0.4 is 5.32 Å². The standard InChI is InChI=1S/C12H20N2O5S2/c1-21(18,19)10-7-20-5-4-14(10)12(17)13-9-3-2-8(6-9)11(15)16/h8-10H,2-7H2,1H3,(H,13,17)(H,15,16)/t8-,9+,10?/m1/s1. The van der Waals surface area contributed by atoms with E-state index in [-0.39, 0.29) is 6.04 Å². The van der Waals surface area contributed by atoms with Crippen LogP contribution in [0.5, 0.6) is 0 Å². The van der Waals surface area contributed by atoms with Gasteiger partial charge >= 0.3 is 12.0 Å². The molecule has 2 N–H and O–H groups in total. The van der Waals surface area contributed by atoms with Gasteiger partial charge < -0.3 is 15.3 Å². The van der Waals surface area contributed by atoms with Crippen molar-refractivity contribution in [3.05, 3.63) is 0 Å². The van der Waals surface area contributed by atoms with E-state index in [0.29, 0.717) is 37.3 Å². The summed E-state index contributed by atoms with van der Waals surface area (Å²) < 4.78 is 23.5. The molecule has 0 aromatic carbocycles. The summed E-state index contributed by atoms with van der Waals surface area (Å²) in [5.41, 5.74) is 0. The lowest BCUT2D eigenvalue weighted by Crippen LogP contribution is -2.54. The molecule has 1 unspecified atom stereocenters. The number of hydrogen-bond donors (Lipinski definition) is 2. The van der Waals surface area contributed by atoms with E-state index in [1.165, 1.54) is 16.7 Å². The molecular weight excluding hydrogens is 316 g/mol. The van der Waals surface area contributed by atoms with Crippen LogP contribution in [-0.2, 0) is 14.6 Å². The van der Waals surface area contributed by atoms with Crippen LogP contribution in [0.15, 0.2) is 0 Å². The Kier molecular flexibility index (Phi) is 5.03. The Hall–Kier alpha value is -0.960. The molecular formula is C12H20N2O5S2. The molecule has 1 saturated heterocycles. The van der Waals surface area contributed by atoms with E-state index in [0.717, 1.165) is 6.26 Å². The maximum absolute atomic E-state index is 12.3. The summed E-state index contributed by atoms with van der Waals surface area (Å²) in [7, 11) is -3.33. The molecule has 0 radical (unpaired) electrons. The van der Waals surface area contributed by atoms with Gasteiger partial charge in [0.2, 0.25) is 0 Å². The molecule has 1 aliphatic heterocycles. The van der Waals surface area contributed by atoms with Crippen LogP contribution in [0.1, 0.15) is 19.3 Å². The van der Waals surface area contributed by atoms with E-state index >= 15 is 0 Å². The van der Waals surface area contributed by atoms with Crippen LogP contribution in [-0.4, -0.2) is 66.1 Å². The van der Waals surface area contributed by atoms with E-state index in [2.05, 4.69) is 5.32 Å². The van der Waals surface area contributed by atoms with Gasteiger partial charge in [-0.2, -0.15) is 11.8 Å². The summed E-state index contributed by atoms with van der Waals surface area (Å²) in [6.07, 6.45) is 2.72. The summed E-state index contributed by atoms with van der Waals surface area (Å²) >= 11 is 1.52. The number of aliphatic carboxylic acids is 1. The van der Waals surface area contributed by atoms with E-state index in [4.69, 9.17) is 5.11 Å². The quantitative estimate of drug-likeness (QED) is 0.772. The molecule has 2 rings (SSSR count). The summed E-state index contributed by atoms with van der Waals surface area (Å²) in [6.45, 7) is 0.392. The smallest absolute Gasteiger partial charge is 0.318 e. The third-order valence-electron chi connectivity index (χ3n) is 3.95. The van der Waals surface area contributed by atoms with Gasteiger partial charge in [-0.1, -0.05) is 0 Å². The molecule has 2 aliphatic rings. The average Bonchev–Trinajstić information content (AvgIpc) is 2.86. The molecule has 7 nitrogen and oxygen atoms in total. The van der Waals surface area contributed by atoms with Crippen molar-refractivity contribution < 1.29 is 23.1 Å². The Labute approximate surface area is 128 Å². The van der Waals surface area contributed by atoms with Gasteiger partial charge in [0.15, 0.2) is 9.84 Å². The molecule has 1 aliphatic carbocycles. The number of nitrogens with one attached hydrogen (secondary N) is 1. The van der Waals surface area contributed by atoms with E-state index in [9.17, 15) is 18.0 Å². The zero-order valence-electron chi connectivity index (χ0n) is 11.8. The van der Waals surface area contributed by atoms with Crippen LogP contribution >= 0.6 is 11.8 Å². The normalized spacial score (nSPS) is 30.1. The van der Waals surface area contributed by atoms with Crippen LogP contribution in [0.2, 0.25) is 0 Å². The molecule has 21 heavy (non-hydrogen) atoms. The highest BCUT2D eigenvalue weighted by molar-refractivity contribution is 8.00. The number of urea groups is 1. The van der Waals surface area contributed by atoms with Gasteiger partial charge in [0.25, 0.3) is 0 Å². The maximum atomic E-state index is 12.3. The molecule has 2 fully saturated rings. The maximum Gasteiger partial charge on any atom is 0.318 e. The average molecular weight is 336 g/mol. The number of carboxylic acid groups (broad SMARTS) is 1. The minimum atomic E-state index is -3.33. The minimum Gasteiger partial charge on any atom is -0.481 e. The summed E-state index contributed by atoms with van der Waals surface area (Å²) in [6, 6.07) is -0.588. The van der Waals surface area contributed by atoms with Crippen LogP contribution in [0.4, 0.5) is 4.79 Å². The number of amides is 2. The van der Waals surface area contributed by atoms with E-state index < -0.39 is 33.1 Å². The number of sulfone groups is 1. The van der Waals surface area contributed by atoms with Gasteiger partial charge in [-0.15, -0.1) is 0 Å². The Morgan fingerprint density at radius 3 is 2.62 bits per heavy atom. The highest BCUT2D eigenvalue weighted by atomic mass is 32.2. The van der Waals surface area contributed by atoms with Gasteiger partial charge in [0, 0.05) is 30.3 Å². The molecule has 3 atom stereocenters. The number of hydrogen-bond acceptors (Lipinski definition) is 5. The zero-order valence-corrected chi connectivity index (χ0v) is 13.5. The number of carboxylic acids is 1. The summed E-state index contributed by atoms with van der Waals surface area (Å²) in [5.74, 6) is -0.163. The third kappa shape index (κ3) is 4.03. The molecule has 9 heteroatoms. The van der Waals surface area contributed by atoms with Crippen molar-refractivity contribution in [3.8, 4) is 0 Å². The second-order valence-corrected chi connectivity index (χ2v) is 8.90. The van der Waals surface area contributed by atoms with Gasteiger partial charge in [0.05, 0.1) is 5.92 Å². The molecule has 0 aromatic rings. The fourth-order valence-electron chi connectivity index (χ4n) is 2.76. The first-order valence-electron chi connectivity index (χ1n) is 6.85. The Balaban J connectivity index is 1.97. The monoisotopic (exact) mass is 336 g/mol. The van der Waals surface area contributed by atoms with Gasteiger partial charge in [0.1, 0.15) is 5.37 Å². The Morgan fingerprint density at radius 1 is 1.33 bits per heavy atom. The van der Waals surface area contributed by atoms with Gasteiger partial charge in [-0.25, -0.2) is 13.2 Å². The molecule has 0 bridgehead atoms. The first-order chi connectivity index (χ1) is 9.79. The first-order valence-corrected chi connectivity index (χ1v) is 9.96. The lowest BCUT2D eigenvalue weighted by molar-refractivity contribution is -0.141. The molecule has 2 amide bonds. The molecule has 120 valence electrons. The van der Waals surface area contributed by atoms with Crippen molar-refractivity contribution >= 4 is 33.6 Å². The second-order valence-electron chi connectivity index (χ2n) is 5.55. The van der Waals surface area contributed by atoms with Gasteiger partial charge in [-0.3, -0.25) is 4.79 Å². The molecule has 1 saturated carbocycles. The van der Waals surface area contributed by atoms with Crippen molar-refractivity contribution in [3.63, 3.8) is 0 Å². The van der Waals surface area contributed by atoms with Crippen LogP contribution in [0.25, 0.3) is 0 Å². The molecule has 1 heterocycles. The second kappa shape index (κ2) is 6.43. The number of thioether (sulfide) groups is 1. The molecule has 0 spiro atoms. The number of nitrogens with zero attached hydrogens (tertiary/aromatic N) is 1. The highest BCUT2D eigenvalue weighted by Gasteiger charge is 2.36. The number of rotatable bonds is 3. The van der Waals surface area contributed by atoms with Crippen molar-refractivity contribution in [1.29, 1.82) is 0 Å². The zero-order chi connectivity index (χ0) is 15.6. The minimum absolute atomic E-state index is 0.187. The molecule has 0 aromatic heterocycles. The predicted molar refractivity (Wildman–Crippen MR) is 80.0 cm³/mol. The number of carbonyl (C=O) groups excluding carboxylic acids is 1. The first kappa shape index (κ1) is 16.4. The van der Waals surface area contributed by atoms with Crippen molar-refractivity contribution in [1.82, 2.24) is 10.2 Å². The Morgan fingerprint density at radius 2 is 2.05 bits per heavy atom. The highest BCUT2D eigenvalue weighted by Crippen LogP contribution is 2.26. The van der Waals surface area contributed by atoms with Crippen molar-refractivity contribution in [2.75, 3.05) is 24.3 Å². The Bertz CT molecular complexity index is 522. The summed E-state index contributed by atoms with van der Waals surface area (Å²) in [5, 5.41) is 10.9.